The SMILES string of the molecule is CC(C)(C(CS(=O)(=O)c1ccc(Oc2ccc(OC(F)(F)F)cc2)cc1)N(O)C=O)S(=O)(=O)N1CCOCC1. The molecule has 1 aliphatic heterocycles. The van der Waals surface area contributed by atoms with Gasteiger partial charge in [-0.05, 0) is 62.4 Å². The quantitative estimate of drug-likeness (QED) is 0.236. The van der Waals surface area contributed by atoms with Crippen LogP contribution in [0.25, 0.3) is 0 Å². The minimum Gasteiger partial charge on any atom is -0.457 e. The van der Waals surface area contributed by atoms with E-state index in [1.807, 2.05) is 0 Å². The number of halogens is 3. The molecule has 216 valence electrons. The van der Waals surface area contributed by atoms with Crippen molar-refractivity contribution in [3.63, 3.8) is 0 Å². The van der Waals surface area contributed by atoms with Crippen molar-refractivity contribution in [1.29, 1.82) is 0 Å². The Hall–Kier alpha value is -2.92. The normalized spacial score (nSPS) is 16.4. The summed E-state index contributed by atoms with van der Waals surface area (Å²) in [6.45, 7) is 2.83. The van der Waals surface area contributed by atoms with Crippen LogP contribution in [-0.4, -0.2) is 87.0 Å². The summed E-state index contributed by atoms with van der Waals surface area (Å²) in [6.07, 6.45) is -4.90. The second-order valence-electron chi connectivity index (χ2n) is 9.00. The molecule has 1 unspecified atom stereocenters. The van der Waals surface area contributed by atoms with Gasteiger partial charge in [-0.15, -0.1) is 13.2 Å². The number of hydrogen-bond acceptors (Lipinski definition) is 9. The van der Waals surface area contributed by atoms with Crippen LogP contribution in [0.4, 0.5) is 13.2 Å². The maximum Gasteiger partial charge on any atom is 0.573 e. The van der Waals surface area contributed by atoms with Gasteiger partial charge in [0, 0.05) is 13.1 Å². The Balaban J connectivity index is 1.78. The van der Waals surface area contributed by atoms with Gasteiger partial charge in [-0.3, -0.25) is 10.0 Å². The van der Waals surface area contributed by atoms with Crippen molar-refractivity contribution in [3.8, 4) is 17.2 Å². The highest BCUT2D eigenvalue weighted by molar-refractivity contribution is 7.92. The number of nitrogens with zero attached hydrogens (tertiary/aromatic N) is 2. The van der Waals surface area contributed by atoms with Gasteiger partial charge in [-0.1, -0.05) is 0 Å². The molecule has 0 radical (unpaired) electrons. The van der Waals surface area contributed by atoms with Crippen molar-refractivity contribution in [1.82, 2.24) is 9.37 Å². The Bertz CT molecular complexity index is 1340. The Morgan fingerprint density at radius 2 is 1.46 bits per heavy atom. The lowest BCUT2D eigenvalue weighted by Gasteiger charge is -2.40. The molecule has 11 nitrogen and oxygen atoms in total. The number of carbonyl (C=O) groups is 1. The molecule has 1 amide bonds. The summed E-state index contributed by atoms with van der Waals surface area (Å²) in [6, 6.07) is 7.79. The highest BCUT2D eigenvalue weighted by atomic mass is 32.2. The summed E-state index contributed by atoms with van der Waals surface area (Å²) in [7, 11) is -8.44. The van der Waals surface area contributed by atoms with E-state index in [4.69, 9.17) is 9.47 Å². The molecule has 1 fully saturated rings. The summed E-state index contributed by atoms with van der Waals surface area (Å²) >= 11 is 0. The van der Waals surface area contributed by atoms with Crippen LogP contribution in [0.1, 0.15) is 13.8 Å². The number of morpholine rings is 1. The fraction of sp³-hybridized carbons (Fsp3) is 0.435. The van der Waals surface area contributed by atoms with Crippen LogP contribution >= 0.6 is 0 Å². The molecule has 1 N–H and O–H groups in total. The van der Waals surface area contributed by atoms with Crippen molar-refractivity contribution in [3.05, 3.63) is 48.5 Å². The highest BCUT2D eigenvalue weighted by Gasteiger charge is 2.50. The number of sulfone groups is 1. The van der Waals surface area contributed by atoms with Crippen LogP contribution in [0.3, 0.4) is 0 Å². The molecule has 0 aromatic heterocycles. The lowest BCUT2D eigenvalue weighted by Crippen LogP contribution is -2.60. The first-order valence-electron chi connectivity index (χ1n) is 11.4. The molecule has 2 aromatic rings. The average molecular weight is 597 g/mol. The second-order valence-corrected chi connectivity index (χ2v) is 13.5. The summed E-state index contributed by atoms with van der Waals surface area (Å²) in [4.78, 5) is 11.2. The van der Waals surface area contributed by atoms with Gasteiger partial charge in [-0.25, -0.2) is 21.9 Å². The maximum absolute atomic E-state index is 13.3. The van der Waals surface area contributed by atoms with Crippen LogP contribution in [-0.2, 0) is 29.4 Å². The number of alkyl halides is 3. The van der Waals surface area contributed by atoms with Crippen LogP contribution in [0.2, 0.25) is 0 Å². The summed E-state index contributed by atoms with van der Waals surface area (Å²) < 4.78 is 104. The van der Waals surface area contributed by atoms with E-state index >= 15 is 0 Å². The molecule has 1 heterocycles. The van der Waals surface area contributed by atoms with E-state index in [9.17, 15) is 40.0 Å². The van der Waals surface area contributed by atoms with Crippen molar-refractivity contribution in [2.75, 3.05) is 32.1 Å². The lowest BCUT2D eigenvalue weighted by molar-refractivity contribution is -0.274. The van der Waals surface area contributed by atoms with Gasteiger partial charge < -0.3 is 14.2 Å². The number of sulfonamides is 1. The topological polar surface area (TPSA) is 140 Å². The molecule has 1 atom stereocenters. The summed E-state index contributed by atoms with van der Waals surface area (Å²) in [5.41, 5.74) is 0. The molecule has 3 rings (SSSR count). The van der Waals surface area contributed by atoms with Crippen molar-refractivity contribution in [2.24, 2.45) is 0 Å². The molecule has 39 heavy (non-hydrogen) atoms. The van der Waals surface area contributed by atoms with E-state index in [1.165, 1.54) is 50.2 Å². The second kappa shape index (κ2) is 11.7. The first-order valence-corrected chi connectivity index (χ1v) is 14.5. The Morgan fingerprint density at radius 3 is 1.95 bits per heavy atom. The third-order valence-electron chi connectivity index (χ3n) is 6.06. The van der Waals surface area contributed by atoms with Crippen LogP contribution in [0.5, 0.6) is 17.2 Å². The first-order chi connectivity index (χ1) is 18.1. The molecule has 2 aromatic carbocycles. The van der Waals surface area contributed by atoms with Gasteiger partial charge in [0.1, 0.15) is 22.0 Å². The van der Waals surface area contributed by atoms with Gasteiger partial charge in [-0.2, -0.15) is 4.31 Å². The summed E-state index contributed by atoms with van der Waals surface area (Å²) in [5.74, 6) is -1.06. The van der Waals surface area contributed by atoms with E-state index in [1.54, 1.807) is 0 Å². The van der Waals surface area contributed by atoms with E-state index in [0.29, 0.717) is 0 Å². The van der Waals surface area contributed by atoms with Crippen LogP contribution in [0, 0.1) is 0 Å². The molecular formula is C23H27F3N2O9S2. The van der Waals surface area contributed by atoms with Crippen molar-refractivity contribution < 1.29 is 54.2 Å². The molecule has 1 aliphatic rings. The van der Waals surface area contributed by atoms with E-state index in [0.717, 1.165) is 16.4 Å². The molecule has 16 heteroatoms. The molecular weight excluding hydrogens is 569 g/mol. The third kappa shape index (κ3) is 7.39. The van der Waals surface area contributed by atoms with Crippen molar-refractivity contribution >= 4 is 26.3 Å². The predicted molar refractivity (Wildman–Crippen MR) is 131 cm³/mol. The third-order valence-corrected chi connectivity index (χ3v) is 10.4. The highest BCUT2D eigenvalue weighted by Crippen LogP contribution is 2.32. The standard InChI is InChI=1S/C23H27F3N2O9S2/c1-22(2,39(33,34)27-11-13-35-14-12-27)21(28(30)16-29)15-38(31,32)20-9-7-18(8-10-20)36-17-3-5-19(6-4-17)37-23(24,25)26/h3-10,16,21,30H,11-15H2,1-2H3. The summed E-state index contributed by atoms with van der Waals surface area (Å²) in [5, 5.41) is 10.3. The van der Waals surface area contributed by atoms with E-state index in [-0.39, 0.29) is 54.2 Å². The maximum atomic E-state index is 13.3. The fourth-order valence-electron chi connectivity index (χ4n) is 3.83. The molecule has 0 spiro atoms. The Kier molecular flexibility index (Phi) is 9.16. The average Bonchev–Trinajstić information content (AvgIpc) is 2.88. The van der Waals surface area contributed by atoms with Crippen LogP contribution in [0.15, 0.2) is 53.4 Å². The number of benzene rings is 2. The first kappa shape index (κ1) is 30.6. The monoisotopic (exact) mass is 596 g/mol. The van der Waals surface area contributed by atoms with Gasteiger partial charge in [0.2, 0.25) is 16.4 Å². The Morgan fingerprint density at radius 1 is 0.974 bits per heavy atom. The number of carbonyl (C=O) groups excluding carboxylic acids is 1. The molecule has 0 saturated carbocycles. The number of hydroxylamine groups is 2. The molecule has 0 bridgehead atoms. The largest absolute Gasteiger partial charge is 0.573 e. The number of ether oxygens (including phenoxy) is 3. The van der Waals surface area contributed by atoms with E-state index in [2.05, 4.69) is 4.74 Å². The van der Waals surface area contributed by atoms with Gasteiger partial charge >= 0.3 is 6.36 Å². The number of hydrogen-bond donors (Lipinski definition) is 1. The smallest absolute Gasteiger partial charge is 0.457 e. The van der Waals surface area contributed by atoms with Crippen LogP contribution < -0.4 is 9.47 Å². The molecule has 0 aliphatic carbocycles. The number of rotatable bonds is 11. The minimum absolute atomic E-state index is 0.0390. The zero-order valence-electron chi connectivity index (χ0n) is 20.9. The lowest BCUT2D eigenvalue weighted by atomic mass is 10.1. The van der Waals surface area contributed by atoms with Gasteiger partial charge in [0.15, 0.2) is 9.84 Å². The zero-order valence-corrected chi connectivity index (χ0v) is 22.5. The zero-order chi connectivity index (χ0) is 29.1. The van der Waals surface area contributed by atoms with Gasteiger partial charge in [0.05, 0.1) is 29.9 Å². The van der Waals surface area contributed by atoms with Crippen molar-refractivity contribution in [2.45, 2.75) is 35.9 Å². The van der Waals surface area contributed by atoms with Gasteiger partial charge in [0.25, 0.3) is 0 Å². The van der Waals surface area contributed by atoms with E-state index < -0.39 is 48.5 Å². The molecule has 1 saturated heterocycles. The number of amides is 1. The predicted octanol–water partition coefficient (Wildman–Crippen LogP) is 2.81. The minimum atomic E-state index is -4.84. The Labute approximate surface area is 223 Å². The fourth-order valence-corrected chi connectivity index (χ4v) is 7.49.